The maximum absolute atomic E-state index is 15.3. The van der Waals surface area contributed by atoms with Gasteiger partial charge in [0.05, 0.1) is 23.5 Å². The fraction of sp³-hybridized carbons (Fsp3) is 0.355. The van der Waals surface area contributed by atoms with Gasteiger partial charge < -0.3 is 24.6 Å². The maximum atomic E-state index is 15.3. The maximum Gasteiger partial charge on any atom is 0.321 e. The molecular formula is C31H31FN6O3. The average molecular weight is 555 g/mol. The minimum absolute atomic E-state index is 0.0590. The number of benzene rings is 2. The van der Waals surface area contributed by atoms with Crippen molar-refractivity contribution in [3.8, 4) is 11.3 Å². The number of aliphatic hydroxyl groups is 1. The Kier molecular flexibility index (Phi) is 6.23. The zero-order chi connectivity index (χ0) is 28.2. The summed E-state index contributed by atoms with van der Waals surface area (Å²) in [6.45, 7) is 3.39. The Morgan fingerprint density at radius 1 is 1.05 bits per heavy atom. The quantitative estimate of drug-likeness (QED) is 0.378. The fourth-order valence-corrected chi connectivity index (χ4v) is 6.01. The summed E-state index contributed by atoms with van der Waals surface area (Å²) in [5, 5.41) is 12.4. The molecule has 4 aromatic rings. The van der Waals surface area contributed by atoms with E-state index in [4.69, 9.17) is 9.97 Å². The van der Waals surface area contributed by atoms with Crippen molar-refractivity contribution in [2.75, 3.05) is 25.0 Å². The molecule has 2 aromatic heterocycles. The van der Waals surface area contributed by atoms with Crippen LogP contribution in [-0.2, 0) is 6.42 Å². The lowest BCUT2D eigenvalue weighted by Gasteiger charge is -2.35. The van der Waals surface area contributed by atoms with E-state index < -0.39 is 11.9 Å². The molecule has 4 heterocycles. The first-order chi connectivity index (χ1) is 19.9. The lowest BCUT2D eigenvalue weighted by atomic mass is 9.93. The summed E-state index contributed by atoms with van der Waals surface area (Å²) < 4.78 is 17.1. The number of carbonyl (C=O) groups is 2. The summed E-state index contributed by atoms with van der Waals surface area (Å²) in [6, 6.07) is 12.3. The van der Waals surface area contributed by atoms with Crippen LogP contribution >= 0.6 is 0 Å². The summed E-state index contributed by atoms with van der Waals surface area (Å²) in [5.74, 6) is -0.417. The van der Waals surface area contributed by atoms with Crippen LogP contribution in [0.5, 0.6) is 0 Å². The topological polar surface area (TPSA) is 103 Å². The van der Waals surface area contributed by atoms with E-state index >= 15 is 4.39 Å². The number of carbonyl (C=O) groups excluding carboxylic acids is 2. The van der Waals surface area contributed by atoms with Gasteiger partial charge in [-0.05, 0) is 61.9 Å². The molecule has 7 rings (SSSR count). The largest absolute Gasteiger partial charge is 0.391 e. The molecule has 41 heavy (non-hydrogen) atoms. The number of nitrogens with zero attached hydrogens (tertiary/aromatic N) is 5. The number of anilines is 1. The molecule has 3 aliphatic rings. The Hall–Kier alpha value is -4.31. The van der Waals surface area contributed by atoms with Crippen molar-refractivity contribution in [2.24, 2.45) is 0 Å². The van der Waals surface area contributed by atoms with Gasteiger partial charge in [-0.1, -0.05) is 24.3 Å². The first-order valence-electron chi connectivity index (χ1n) is 14.2. The summed E-state index contributed by atoms with van der Waals surface area (Å²) in [4.78, 5) is 39.1. The van der Waals surface area contributed by atoms with Crippen LogP contribution in [0.3, 0.4) is 0 Å². The van der Waals surface area contributed by atoms with Crippen LogP contribution in [0.2, 0.25) is 0 Å². The van der Waals surface area contributed by atoms with Crippen molar-refractivity contribution in [1.29, 1.82) is 0 Å². The van der Waals surface area contributed by atoms with Crippen molar-refractivity contribution in [2.45, 2.75) is 50.7 Å². The van der Waals surface area contributed by atoms with Crippen LogP contribution in [0.1, 0.15) is 65.5 Å². The number of aromatic nitrogens is 3. The van der Waals surface area contributed by atoms with Crippen LogP contribution in [0.15, 0.2) is 54.9 Å². The summed E-state index contributed by atoms with van der Waals surface area (Å²) in [6.07, 6.45) is 6.20. The second-order valence-corrected chi connectivity index (χ2v) is 11.3. The predicted octanol–water partition coefficient (Wildman–Crippen LogP) is 4.77. The van der Waals surface area contributed by atoms with Crippen molar-refractivity contribution < 1.29 is 19.1 Å². The van der Waals surface area contributed by atoms with E-state index in [1.54, 1.807) is 28.9 Å². The molecule has 1 saturated heterocycles. The van der Waals surface area contributed by atoms with Crippen molar-refractivity contribution in [3.05, 3.63) is 83.2 Å². The molecule has 0 unspecified atom stereocenters. The van der Waals surface area contributed by atoms with E-state index in [1.807, 2.05) is 17.0 Å². The lowest BCUT2D eigenvalue weighted by Crippen LogP contribution is -2.39. The molecule has 0 spiro atoms. The van der Waals surface area contributed by atoms with Gasteiger partial charge in [0.15, 0.2) is 5.65 Å². The van der Waals surface area contributed by atoms with Gasteiger partial charge in [0.1, 0.15) is 11.5 Å². The van der Waals surface area contributed by atoms with Crippen molar-refractivity contribution in [1.82, 2.24) is 24.2 Å². The Labute approximate surface area is 236 Å². The third kappa shape index (κ3) is 4.72. The zero-order valence-electron chi connectivity index (χ0n) is 22.8. The van der Waals surface area contributed by atoms with Crippen LogP contribution in [0.4, 0.5) is 14.9 Å². The van der Waals surface area contributed by atoms with Crippen LogP contribution < -0.4 is 5.32 Å². The number of amides is 3. The van der Waals surface area contributed by atoms with Gasteiger partial charge in [-0.15, -0.1) is 0 Å². The monoisotopic (exact) mass is 554 g/mol. The number of halogens is 1. The molecule has 2 atom stereocenters. The number of aliphatic hydroxyl groups excluding tert-OH is 1. The van der Waals surface area contributed by atoms with Gasteiger partial charge in [-0.25, -0.2) is 19.2 Å². The number of nitrogens with one attached hydrogen (secondary N) is 1. The van der Waals surface area contributed by atoms with Crippen molar-refractivity contribution >= 4 is 23.3 Å². The SMILES string of the molecule is C[C@@H]1c2ccccc2CCN1C(=O)c1cn2cc(-c3ccc(NC(=O)N4CC[C@@H](O)C4)cc3F)nc2c(C2CC2)n1. The number of hydrogen-bond donors (Lipinski definition) is 2. The van der Waals surface area contributed by atoms with E-state index in [2.05, 4.69) is 24.4 Å². The van der Waals surface area contributed by atoms with Gasteiger partial charge in [0.2, 0.25) is 0 Å². The zero-order valence-corrected chi connectivity index (χ0v) is 22.8. The number of urea groups is 1. The highest BCUT2D eigenvalue weighted by Gasteiger charge is 2.33. The van der Waals surface area contributed by atoms with Gasteiger partial charge in [0, 0.05) is 49.2 Å². The van der Waals surface area contributed by atoms with Crippen LogP contribution in [-0.4, -0.2) is 67.0 Å². The summed E-state index contributed by atoms with van der Waals surface area (Å²) >= 11 is 0. The first-order valence-corrected chi connectivity index (χ1v) is 14.2. The number of β-amino-alcohol motifs (C(OH)–C–C–N with tert-alkyl or cyclic N) is 1. The summed E-state index contributed by atoms with van der Waals surface area (Å²) in [7, 11) is 0. The molecule has 210 valence electrons. The molecule has 2 fully saturated rings. The highest BCUT2D eigenvalue weighted by atomic mass is 19.1. The van der Waals surface area contributed by atoms with E-state index in [0.29, 0.717) is 47.8 Å². The van der Waals surface area contributed by atoms with E-state index in [1.165, 1.54) is 16.5 Å². The average Bonchev–Trinajstić information content (AvgIpc) is 3.58. The van der Waals surface area contributed by atoms with Crippen LogP contribution in [0, 0.1) is 5.82 Å². The summed E-state index contributed by atoms with van der Waals surface area (Å²) in [5.41, 5.74) is 5.23. The third-order valence-electron chi connectivity index (χ3n) is 8.45. The van der Waals surface area contributed by atoms with Crippen molar-refractivity contribution in [3.63, 3.8) is 0 Å². The molecule has 0 radical (unpaired) electrons. The highest BCUT2D eigenvalue weighted by Crippen LogP contribution is 2.41. The lowest BCUT2D eigenvalue weighted by molar-refractivity contribution is 0.0670. The minimum Gasteiger partial charge on any atom is -0.391 e. The normalized spacial score (nSPS) is 20.4. The molecule has 2 aliphatic heterocycles. The molecule has 1 aliphatic carbocycles. The van der Waals surface area contributed by atoms with Gasteiger partial charge >= 0.3 is 6.03 Å². The minimum atomic E-state index is -0.527. The molecule has 2 aromatic carbocycles. The van der Waals surface area contributed by atoms with E-state index in [-0.39, 0.29) is 30.4 Å². The highest BCUT2D eigenvalue weighted by molar-refractivity contribution is 5.93. The van der Waals surface area contributed by atoms with E-state index in [9.17, 15) is 14.7 Å². The third-order valence-corrected chi connectivity index (χ3v) is 8.45. The van der Waals surface area contributed by atoms with Gasteiger partial charge in [-0.3, -0.25) is 4.79 Å². The number of imidazole rings is 1. The number of hydrogen-bond acceptors (Lipinski definition) is 5. The molecule has 9 nitrogen and oxygen atoms in total. The number of likely N-dealkylation sites (tertiary alicyclic amines) is 1. The number of fused-ring (bicyclic) bond motifs is 2. The molecule has 3 amide bonds. The molecular weight excluding hydrogens is 523 g/mol. The standard InChI is InChI=1S/C31H31FN6O3/c1-18-23-5-3-2-4-19(23)10-13-38(18)30(40)27-17-37-16-26(35-29(37)28(34-27)20-6-7-20)24-9-8-21(14-25(24)32)33-31(41)36-12-11-22(39)15-36/h2-5,8-9,14,16-18,20,22,39H,6-7,10-13,15H2,1H3,(H,33,41)/t18-,22-/m1/s1. The number of rotatable bonds is 4. The fourth-order valence-electron chi connectivity index (χ4n) is 6.01. The molecule has 10 heteroatoms. The van der Waals surface area contributed by atoms with Gasteiger partial charge in [-0.2, -0.15) is 0 Å². The Bertz CT molecular complexity index is 1680. The smallest absolute Gasteiger partial charge is 0.321 e. The van der Waals surface area contributed by atoms with E-state index in [0.717, 1.165) is 30.5 Å². The second-order valence-electron chi connectivity index (χ2n) is 11.3. The van der Waals surface area contributed by atoms with Crippen LogP contribution in [0.25, 0.3) is 16.9 Å². The van der Waals surface area contributed by atoms with Gasteiger partial charge in [0.25, 0.3) is 5.91 Å². The Morgan fingerprint density at radius 3 is 2.63 bits per heavy atom. The molecule has 2 N–H and O–H groups in total. The first kappa shape index (κ1) is 25.6. The molecule has 0 bridgehead atoms. The molecule has 1 saturated carbocycles. The Balaban J connectivity index is 1.17. The Morgan fingerprint density at radius 2 is 1.88 bits per heavy atom. The second kappa shape index (κ2) is 9.95. The predicted molar refractivity (Wildman–Crippen MR) is 151 cm³/mol.